The van der Waals surface area contributed by atoms with Crippen LogP contribution in [0.1, 0.15) is 15.9 Å². The maximum atomic E-state index is 14.4. The number of amides is 1. The molecule has 2 N–H and O–H groups in total. The maximum Gasteiger partial charge on any atom is 0.339 e. The SMILES string of the molecule is O=C(O)c1c(NC(=O)C(F)Cc2c(F)cccc2Cl)csc1-c1ccc(Cl)cc1. The lowest BCUT2D eigenvalue weighted by Gasteiger charge is -2.11. The molecule has 1 aromatic heterocycles. The van der Waals surface area contributed by atoms with Gasteiger partial charge in [-0.25, -0.2) is 13.6 Å². The number of carbonyl (C=O) groups excluding carboxylic acids is 1. The summed E-state index contributed by atoms with van der Waals surface area (Å²) in [5.41, 5.74) is 0.260. The summed E-state index contributed by atoms with van der Waals surface area (Å²) < 4.78 is 28.3. The molecule has 1 atom stereocenters. The smallest absolute Gasteiger partial charge is 0.339 e. The molecule has 0 fully saturated rings. The molecule has 0 aliphatic rings. The molecule has 3 rings (SSSR count). The van der Waals surface area contributed by atoms with Gasteiger partial charge in [0.2, 0.25) is 0 Å². The number of carboxylic acids is 1. The third-order valence-corrected chi connectivity index (χ3v) is 5.73. The Morgan fingerprint density at radius 3 is 2.45 bits per heavy atom. The van der Waals surface area contributed by atoms with Gasteiger partial charge in [0.1, 0.15) is 11.4 Å². The highest BCUT2D eigenvalue weighted by atomic mass is 35.5. The van der Waals surface area contributed by atoms with Gasteiger partial charge in [0.15, 0.2) is 6.17 Å². The first-order valence-electron chi connectivity index (χ1n) is 8.26. The number of thiophene rings is 1. The molecule has 29 heavy (non-hydrogen) atoms. The lowest BCUT2D eigenvalue weighted by atomic mass is 10.1. The zero-order valence-corrected chi connectivity index (χ0v) is 16.9. The van der Waals surface area contributed by atoms with Gasteiger partial charge in [-0.3, -0.25) is 4.79 Å². The Hall–Kier alpha value is -2.48. The van der Waals surface area contributed by atoms with E-state index in [9.17, 15) is 23.5 Å². The highest BCUT2D eigenvalue weighted by Gasteiger charge is 2.25. The molecule has 1 amide bonds. The van der Waals surface area contributed by atoms with Crippen molar-refractivity contribution in [1.82, 2.24) is 0 Å². The van der Waals surface area contributed by atoms with E-state index in [1.165, 1.54) is 17.5 Å². The van der Waals surface area contributed by atoms with Gasteiger partial charge in [-0.15, -0.1) is 11.3 Å². The largest absolute Gasteiger partial charge is 0.478 e. The minimum absolute atomic E-state index is 0.00670. The second-order valence-corrected chi connectivity index (χ2v) is 7.75. The van der Waals surface area contributed by atoms with E-state index in [0.717, 1.165) is 17.4 Å². The van der Waals surface area contributed by atoms with Crippen LogP contribution in [0.2, 0.25) is 10.0 Å². The number of rotatable bonds is 6. The molecule has 0 aliphatic heterocycles. The third-order valence-electron chi connectivity index (χ3n) is 4.10. The van der Waals surface area contributed by atoms with E-state index in [1.807, 2.05) is 0 Å². The molecule has 1 unspecified atom stereocenters. The lowest BCUT2D eigenvalue weighted by Crippen LogP contribution is -2.27. The van der Waals surface area contributed by atoms with Crippen molar-refractivity contribution in [3.63, 3.8) is 0 Å². The zero-order chi connectivity index (χ0) is 21.1. The summed E-state index contributed by atoms with van der Waals surface area (Å²) in [5.74, 6) is -3.09. The van der Waals surface area contributed by atoms with E-state index in [-0.39, 0.29) is 21.8 Å². The Labute approximate surface area is 178 Å². The second-order valence-electron chi connectivity index (χ2n) is 6.03. The Morgan fingerprint density at radius 2 is 1.83 bits per heavy atom. The van der Waals surface area contributed by atoms with E-state index in [2.05, 4.69) is 5.32 Å². The van der Waals surface area contributed by atoms with Gasteiger partial charge in [-0.2, -0.15) is 0 Å². The predicted octanol–water partition coefficient (Wildman–Crippen LogP) is 6.08. The number of aromatic carboxylic acids is 1. The minimum atomic E-state index is -2.12. The molecule has 150 valence electrons. The molecule has 4 nitrogen and oxygen atoms in total. The van der Waals surface area contributed by atoms with Gasteiger partial charge in [0.25, 0.3) is 5.91 Å². The van der Waals surface area contributed by atoms with Crippen molar-refractivity contribution in [1.29, 1.82) is 0 Å². The van der Waals surface area contributed by atoms with Crippen LogP contribution in [0.5, 0.6) is 0 Å². The average molecular weight is 456 g/mol. The van der Waals surface area contributed by atoms with E-state index in [4.69, 9.17) is 23.2 Å². The number of halogens is 4. The summed E-state index contributed by atoms with van der Waals surface area (Å²) in [5, 5.41) is 13.8. The van der Waals surface area contributed by atoms with Gasteiger partial charge in [0, 0.05) is 27.4 Å². The molecule has 0 aliphatic carbocycles. The fourth-order valence-electron chi connectivity index (χ4n) is 2.69. The van der Waals surface area contributed by atoms with Crippen LogP contribution in [0, 0.1) is 5.82 Å². The second kappa shape index (κ2) is 8.90. The fourth-order valence-corrected chi connectivity index (χ4v) is 4.05. The molecule has 9 heteroatoms. The summed E-state index contributed by atoms with van der Waals surface area (Å²) in [6.45, 7) is 0. The molecule has 0 radical (unpaired) electrons. The van der Waals surface area contributed by atoms with Gasteiger partial charge < -0.3 is 10.4 Å². The molecule has 0 saturated heterocycles. The third kappa shape index (κ3) is 4.75. The molecular weight excluding hydrogens is 443 g/mol. The first-order valence-corrected chi connectivity index (χ1v) is 9.90. The molecule has 2 aromatic carbocycles. The first kappa shape index (κ1) is 21.2. The molecule has 3 aromatic rings. The van der Waals surface area contributed by atoms with Crippen molar-refractivity contribution in [2.45, 2.75) is 12.6 Å². The monoisotopic (exact) mass is 455 g/mol. The molecule has 0 bridgehead atoms. The van der Waals surface area contributed by atoms with Gasteiger partial charge >= 0.3 is 5.97 Å². The first-order chi connectivity index (χ1) is 13.8. The van der Waals surface area contributed by atoms with Crippen LogP contribution >= 0.6 is 34.5 Å². The van der Waals surface area contributed by atoms with Gasteiger partial charge in [-0.1, -0.05) is 41.4 Å². The summed E-state index contributed by atoms with van der Waals surface area (Å²) in [6.07, 6.45) is -2.70. The van der Waals surface area contributed by atoms with E-state index < -0.39 is 30.3 Å². The Morgan fingerprint density at radius 1 is 1.14 bits per heavy atom. The van der Waals surface area contributed by atoms with Crippen LogP contribution in [0.25, 0.3) is 10.4 Å². The Balaban J connectivity index is 1.83. The van der Waals surface area contributed by atoms with Gasteiger partial charge in [0.05, 0.1) is 10.6 Å². The summed E-state index contributed by atoms with van der Waals surface area (Å²) >= 11 is 12.8. The predicted molar refractivity (Wildman–Crippen MR) is 110 cm³/mol. The van der Waals surface area contributed by atoms with Crippen molar-refractivity contribution in [3.8, 4) is 10.4 Å². The van der Waals surface area contributed by atoms with Crippen molar-refractivity contribution in [2.75, 3.05) is 5.32 Å². The number of alkyl halides is 1. The van der Waals surface area contributed by atoms with Crippen LogP contribution in [-0.2, 0) is 11.2 Å². The number of benzene rings is 2. The van der Waals surface area contributed by atoms with Crippen LogP contribution in [0.15, 0.2) is 47.8 Å². The van der Waals surface area contributed by atoms with Crippen molar-refractivity contribution < 1.29 is 23.5 Å². The molecule has 0 spiro atoms. The summed E-state index contributed by atoms with van der Waals surface area (Å²) in [7, 11) is 0. The van der Waals surface area contributed by atoms with Crippen molar-refractivity contribution in [3.05, 3.63) is 74.8 Å². The Bertz CT molecular complexity index is 1050. The molecule has 1 heterocycles. The van der Waals surface area contributed by atoms with Crippen LogP contribution in [0.4, 0.5) is 14.5 Å². The number of hydrogen-bond donors (Lipinski definition) is 2. The van der Waals surface area contributed by atoms with E-state index >= 15 is 0 Å². The van der Waals surface area contributed by atoms with Crippen LogP contribution < -0.4 is 5.32 Å². The number of hydrogen-bond acceptors (Lipinski definition) is 3. The quantitative estimate of drug-likeness (QED) is 0.473. The van der Waals surface area contributed by atoms with Gasteiger partial charge in [-0.05, 0) is 29.8 Å². The van der Waals surface area contributed by atoms with Crippen LogP contribution in [-0.4, -0.2) is 23.2 Å². The normalized spacial score (nSPS) is 11.9. The summed E-state index contributed by atoms with van der Waals surface area (Å²) in [4.78, 5) is 24.4. The van der Waals surface area contributed by atoms with E-state index in [1.54, 1.807) is 24.3 Å². The van der Waals surface area contributed by atoms with Crippen LogP contribution in [0.3, 0.4) is 0 Å². The average Bonchev–Trinajstić information content (AvgIpc) is 3.09. The van der Waals surface area contributed by atoms with Crippen molar-refractivity contribution in [2.24, 2.45) is 0 Å². The zero-order valence-electron chi connectivity index (χ0n) is 14.6. The standard InChI is InChI=1S/C20H13Cl2F2NO3S/c21-11-6-4-10(5-7-11)18-17(20(27)28)16(9-29-18)25-19(26)15(24)8-12-13(22)2-1-3-14(12)23/h1-7,9,15H,8H2,(H,25,26)(H,27,28). The number of carboxylic acid groups (broad SMARTS) is 1. The topological polar surface area (TPSA) is 66.4 Å². The lowest BCUT2D eigenvalue weighted by molar-refractivity contribution is -0.120. The summed E-state index contributed by atoms with van der Waals surface area (Å²) in [6, 6.07) is 10.4. The minimum Gasteiger partial charge on any atom is -0.478 e. The number of carbonyl (C=O) groups is 2. The Kier molecular flexibility index (Phi) is 6.52. The molecular formula is C20H13Cl2F2NO3S. The highest BCUT2D eigenvalue weighted by Crippen LogP contribution is 2.36. The molecule has 0 saturated carbocycles. The fraction of sp³-hybridized carbons (Fsp3) is 0.100. The van der Waals surface area contributed by atoms with E-state index in [0.29, 0.717) is 15.5 Å². The highest BCUT2D eigenvalue weighted by molar-refractivity contribution is 7.14. The number of anilines is 1. The maximum absolute atomic E-state index is 14.4. The number of nitrogens with one attached hydrogen (secondary N) is 1. The van der Waals surface area contributed by atoms with Crippen molar-refractivity contribution >= 4 is 52.1 Å².